The van der Waals surface area contributed by atoms with Crippen LogP contribution in [0, 0.1) is 19.3 Å². The monoisotopic (exact) mass is 409 g/mol. The summed E-state index contributed by atoms with van der Waals surface area (Å²) < 4.78 is 2.06. The van der Waals surface area contributed by atoms with Crippen molar-refractivity contribution in [1.29, 1.82) is 0 Å². The van der Waals surface area contributed by atoms with E-state index in [1.165, 1.54) is 43.4 Å². The van der Waals surface area contributed by atoms with Crippen LogP contribution < -0.4 is 0 Å². The Bertz CT molecular complexity index is 1110. The van der Waals surface area contributed by atoms with E-state index in [-0.39, 0.29) is 0 Å². The zero-order valence-corrected chi connectivity index (χ0v) is 18.4. The first-order valence-corrected chi connectivity index (χ1v) is 11.5. The normalized spacial score (nSPS) is 15.5. The summed E-state index contributed by atoms with van der Waals surface area (Å²) in [5, 5.41) is 4.69. The molecule has 2 heterocycles. The Labute approximate surface area is 185 Å². The summed E-state index contributed by atoms with van der Waals surface area (Å²) in [6.45, 7) is 2.07. The molecule has 0 N–H and O–H groups in total. The minimum atomic E-state index is 0.501. The van der Waals surface area contributed by atoms with Crippen LogP contribution in [0.3, 0.4) is 0 Å². The molecule has 0 saturated heterocycles. The maximum Gasteiger partial charge on any atom is 0.158 e. The van der Waals surface area contributed by atoms with Gasteiger partial charge in [-0.25, -0.2) is 9.50 Å². The van der Waals surface area contributed by atoms with E-state index in [1.54, 1.807) is 0 Å². The number of terminal acetylenes is 1. The van der Waals surface area contributed by atoms with Gasteiger partial charge in [0.15, 0.2) is 5.65 Å². The van der Waals surface area contributed by atoms with Gasteiger partial charge in [-0.15, -0.1) is 6.42 Å². The van der Waals surface area contributed by atoms with E-state index in [4.69, 9.17) is 16.5 Å². The van der Waals surface area contributed by atoms with E-state index in [1.807, 2.05) is 18.5 Å². The molecule has 0 bridgehead atoms. The zero-order valence-electron chi connectivity index (χ0n) is 18.4. The van der Waals surface area contributed by atoms with Crippen molar-refractivity contribution in [3.8, 4) is 12.3 Å². The standard InChI is InChI=1S/C28H31N3/c1-3-13-24(17-10-5-9-16-23-14-7-4-8-15-23)26-21-29-28-22(2)20-30-31(28)27(26)25-18-11-6-12-19-25/h1,4,7-8,10,13-15,17,20-21,25H,5-6,9,11-12,16,18-19H2,2H3/b17-10-,24-13+. The van der Waals surface area contributed by atoms with E-state index >= 15 is 0 Å². The van der Waals surface area contributed by atoms with Crippen molar-refractivity contribution in [3.05, 3.63) is 83.3 Å². The summed E-state index contributed by atoms with van der Waals surface area (Å²) in [5.74, 6) is 3.25. The molecule has 0 spiro atoms. The number of rotatable bonds is 7. The topological polar surface area (TPSA) is 30.2 Å². The van der Waals surface area contributed by atoms with Gasteiger partial charge in [-0.3, -0.25) is 0 Å². The van der Waals surface area contributed by atoms with Gasteiger partial charge in [0.05, 0.1) is 11.9 Å². The van der Waals surface area contributed by atoms with E-state index in [0.29, 0.717) is 5.92 Å². The van der Waals surface area contributed by atoms with Crippen molar-refractivity contribution >= 4 is 11.2 Å². The lowest BCUT2D eigenvalue weighted by Gasteiger charge is -2.25. The maximum atomic E-state index is 5.72. The van der Waals surface area contributed by atoms with Crippen molar-refractivity contribution in [3.63, 3.8) is 0 Å². The number of aryl methyl sites for hydroxylation is 2. The molecule has 1 aromatic carbocycles. The number of benzene rings is 1. The molecule has 0 atom stereocenters. The first-order valence-electron chi connectivity index (χ1n) is 11.5. The molecule has 1 aliphatic rings. The fourth-order valence-corrected chi connectivity index (χ4v) is 4.64. The molecule has 3 heteroatoms. The number of allylic oxidation sites excluding steroid dienone is 4. The maximum absolute atomic E-state index is 5.72. The third kappa shape index (κ3) is 4.97. The van der Waals surface area contributed by atoms with E-state index in [9.17, 15) is 0 Å². The Morgan fingerprint density at radius 1 is 1.16 bits per heavy atom. The molecule has 1 saturated carbocycles. The molecule has 0 aliphatic heterocycles. The average Bonchev–Trinajstić information content (AvgIpc) is 3.19. The lowest BCUT2D eigenvalue weighted by atomic mass is 9.84. The number of hydrogen-bond acceptors (Lipinski definition) is 2. The highest BCUT2D eigenvalue weighted by atomic mass is 15.3. The third-order valence-corrected chi connectivity index (χ3v) is 6.26. The molecule has 1 aliphatic carbocycles. The van der Waals surface area contributed by atoms with Crippen LogP contribution in [-0.4, -0.2) is 14.6 Å². The van der Waals surface area contributed by atoms with Crippen LogP contribution in [0.4, 0.5) is 0 Å². The quantitative estimate of drug-likeness (QED) is 0.247. The lowest BCUT2D eigenvalue weighted by Crippen LogP contribution is -2.14. The van der Waals surface area contributed by atoms with Gasteiger partial charge in [-0.1, -0.05) is 67.7 Å². The summed E-state index contributed by atoms with van der Waals surface area (Å²) >= 11 is 0. The Balaban J connectivity index is 1.59. The molecule has 31 heavy (non-hydrogen) atoms. The zero-order chi connectivity index (χ0) is 21.5. The highest BCUT2D eigenvalue weighted by molar-refractivity contribution is 5.78. The highest BCUT2D eigenvalue weighted by Crippen LogP contribution is 2.37. The van der Waals surface area contributed by atoms with Crippen LogP contribution in [-0.2, 0) is 6.42 Å². The van der Waals surface area contributed by atoms with E-state index in [0.717, 1.165) is 41.6 Å². The Kier molecular flexibility index (Phi) is 6.99. The Hall–Kier alpha value is -3.12. The van der Waals surface area contributed by atoms with Gasteiger partial charge >= 0.3 is 0 Å². The van der Waals surface area contributed by atoms with E-state index < -0.39 is 0 Å². The Morgan fingerprint density at radius 2 is 1.97 bits per heavy atom. The predicted octanol–water partition coefficient (Wildman–Crippen LogP) is 6.68. The van der Waals surface area contributed by atoms with Crippen LogP contribution in [0.1, 0.15) is 73.2 Å². The number of fused-ring (bicyclic) bond motifs is 1. The second kappa shape index (κ2) is 10.3. The molecule has 3 aromatic rings. The summed E-state index contributed by atoms with van der Waals surface area (Å²) in [4.78, 5) is 4.74. The molecule has 3 nitrogen and oxygen atoms in total. The van der Waals surface area contributed by atoms with Crippen LogP contribution in [0.5, 0.6) is 0 Å². The van der Waals surface area contributed by atoms with Crippen LogP contribution in [0.2, 0.25) is 0 Å². The molecule has 158 valence electrons. The van der Waals surface area contributed by atoms with E-state index in [2.05, 4.69) is 59.8 Å². The minimum absolute atomic E-state index is 0.501. The average molecular weight is 410 g/mol. The van der Waals surface area contributed by atoms with Gasteiger partial charge in [0, 0.05) is 23.2 Å². The molecular weight excluding hydrogens is 378 g/mol. The fourth-order valence-electron chi connectivity index (χ4n) is 4.64. The molecule has 2 aromatic heterocycles. The van der Waals surface area contributed by atoms with Gasteiger partial charge < -0.3 is 0 Å². The van der Waals surface area contributed by atoms with Gasteiger partial charge in [0.2, 0.25) is 0 Å². The van der Waals surface area contributed by atoms with Crippen molar-refractivity contribution in [2.45, 2.75) is 64.2 Å². The molecular formula is C28H31N3. The van der Waals surface area contributed by atoms with Crippen LogP contribution >= 0.6 is 0 Å². The predicted molar refractivity (Wildman–Crippen MR) is 129 cm³/mol. The van der Waals surface area contributed by atoms with Crippen LogP contribution in [0.25, 0.3) is 11.2 Å². The van der Waals surface area contributed by atoms with Crippen molar-refractivity contribution in [1.82, 2.24) is 14.6 Å². The van der Waals surface area contributed by atoms with Crippen LogP contribution in [0.15, 0.2) is 61.0 Å². The summed E-state index contributed by atoms with van der Waals surface area (Å²) in [6.07, 6.45) is 25.5. The minimum Gasteiger partial charge on any atom is -0.236 e. The highest BCUT2D eigenvalue weighted by Gasteiger charge is 2.24. The smallest absolute Gasteiger partial charge is 0.158 e. The first kappa shape index (κ1) is 21.1. The largest absolute Gasteiger partial charge is 0.236 e. The number of aromatic nitrogens is 3. The second-order valence-corrected chi connectivity index (χ2v) is 8.50. The SMILES string of the molecule is C#C/C=C(\C=C/CCCc1ccccc1)c1cnc2c(C)cnn2c1C1CCCCC1. The number of unbranched alkanes of at least 4 members (excludes halogenated alkanes) is 1. The molecule has 0 radical (unpaired) electrons. The van der Waals surface area contributed by atoms with Gasteiger partial charge in [-0.05, 0) is 56.2 Å². The lowest BCUT2D eigenvalue weighted by molar-refractivity contribution is 0.430. The fraction of sp³-hybridized carbons (Fsp3) is 0.357. The van der Waals surface area contributed by atoms with Crippen molar-refractivity contribution in [2.24, 2.45) is 0 Å². The first-order chi connectivity index (χ1) is 15.3. The van der Waals surface area contributed by atoms with Gasteiger partial charge in [0.1, 0.15) is 0 Å². The summed E-state index contributed by atoms with van der Waals surface area (Å²) in [7, 11) is 0. The third-order valence-electron chi connectivity index (χ3n) is 6.26. The summed E-state index contributed by atoms with van der Waals surface area (Å²) in [5.41, 5.74) is 6.91. The molecule has 1 fully saturated rings. The molecule has 4 rings (SSSR count). The molecule has 0 amide bonds. The number of nitrogens with zero attached hydrogens (tertiary/aromatic N) is 3. The Morgan fingerprint density at radius 3 is 2.74 bits per heavy atom. The second-order valence-electron chi connectivity index (χ2n) is 8.50. The summed E-state index contributed by atoms with van der Waals surface area (Å²) in [6, 6.07) is 10.7. The molecule has 0 unspecified atom stereocenters. The van der Waals surface area contributed by atoms with Crippen molar-refractivity contribution in [2.75, 3.05) is 0 Å². The number of hydrogen-bond donors (Lipinski definition) is 0. The van der Waals surface area contributed by atoms with Gasteiger partial charge in [-0.2, -0.15) is 5.10 Å². The van der Waals surface area contributed by atoms with Crippen molar-refractivity contribution < 1.29 is 0 Å². The van der Waals surface area contributed by atoms with Gasteiger partial charge in [0.25, 0.3) is 0 Å².